The molecule has 0 fully saturated rings. The summed E-state index contributed by atoms with van der Waals surface area (Å²) in [5.74, 6) is 0.597. The Hall–Kier alpha value is -3.15. The van der Waals surface area contributed by atoms with E-state index in [2.05, 4.69) is 9.97 Å². The zero-order chi connectivity index (χ0) is 16.7. The Kier molecular flexibility index (Phi) is 3.30. The van der Waals surface area contributed by atoms with Crippen molar-refractivity contribution in [1.29, 1.82) is 0 Å². The third-order valence-corrected chi connectivity index (χ3v) is 4.03. The Morgan fingerprint density at radius 1 is 1.25 bits per heavy atom. The lowest BCUT2D eigenvalue weighted by molar-refractivity contribution is 0.418. The Bertz CT molecular complexity index is 1110. The second-order valence-electron chi connectivity index (χ2n) is 5.74. The third-order valence-electron chi connectivity index (χ3n) is 4.03. The summed E-state index contributed by atoms with van der Waals surface area (Å²) < 4.78 is 8.78. The molecule has 4 aromatic rings. The van der Waals surface area contributed by atoms with Gasteiger partial charge in [-0.25, -0.2) is 9.97 Å². The van der Waals surface area contributed by atoms with Crippen molar-refractivity contribution >= 4 is 16.6 Å². The van der Waals surface area contributed by atoms with Gasteiger partial charge in [0.1, 0.15) is 16.9 Å². The minimum Gasteiger partial charge on any atom is -0.494 e. The minimum atomic E-state index is -0.105. The van der Waals surface area contributed by atoms with Crippen LogP contribution in [0.4, 0.5) is 0 Å². The van der Waals surface area contributed by atoms with Gasteiger partial charge in [0.25, 0.3) is 5.56 Å². The molecule has 3 heterocycles. The molecule has 0 aliphatic carbocycles. The highest BCUT2D eigenvalue weighted by Crippen LogP contribution is 2.20. The predicted octanol–water partition coefficient (Wildman–Crippen LogP) is 2.41. The van der Waals surface area contributed by atoms with Gasteiger partial charge in [-0.3, -0.25) is 9.36 Å². The summed E-state index contributed by atoms with van der Waals surface area (Å²) in [6, 6.07) is 9.38. The summed E-state index contributed by atoms with van der Waals surface area (Å²) >= 11 is 0. The quantitative estimate of drug-likeness (QED) is 0.581. The molecule has 6 heteroatoms. The first-order valence-corrected chi connectivity index (χ1v) is 7.62. The molecule has 0 unspecified atom stereocenters. The molecule has 0 aliphatic rings. The van der Waals surface area contributed by atoms with Crippen molar-refractivity contribution in [3.8, 4) is 5.75 Å². The number of para-hydroxylation sites is 1. The number of hydrogen-bond donors (Lipinski definition) is 0. The van der Waals surface area contributed by atoms with E-state index in [9.17, 15) is 4.79 Å². The summed E-state index contributed by atoms with van der Waals surface area (Å²) in [6.45, 7) is 2.40. The van der Waals surface area contributed by atoms with Crippen molar-refractivity contribution in [2.75, 3.05) is 7.11 Å². The molecular weight excluding hydrogens is 304 g/mol. The molecule has 24 heavy (non-hydrogen) atoms. The molecule has 0 radical (unpaired) electrons. The van der Waals surface area contributed by atoms with Gasteiger partial charge in [0.2, 0.25) is 0 Å². The number of benzene rings is 1. The van der Waals surface area contributed by atoms with Gasteiger partial charge in [-0.05, 0) is 36.8 Å². The smallest absolute Gasteiger partial charge is 0.261 e. The van der Waals surface area contributed by atoms with E-state index in [4.69, 9.17) is 4.74 Å². The second kappa shape index (κ2) is 5.49. The van der Waals surface area contributed by atoms with Gasteiger partial charge in [-0.1, -0.05) is 6.07 Å². The molecule has 0 aliphatic heterocycles. The van der Waals surface area contributed by atoms with Gasteiger partial charge in [-0.2, -0.15) is 0 Å². The fourth-order valence-corrected chi connectivity index (χ4v) is 2.83. The molecule has 6 nitrogen and oxygen atoms in total. The average molecular weight is 320 g/mol. The van der Waals surface area contributed by atoms with Crippen LogP contribution in [-0.2, 0) is 6.54 Å². The number of pyridine rings is 1. The van der Waals surface area contributed by atoms with E-state index in [-0.39, 0.29) is 5.56 Å². The van der Waals surface area contributed by atoms with Gasteiger partial charge in [0.15, 0.2) is 0 Å². The molecule has 3 aromatic heterocycles. The summed E-state index contributed by atoms with van der Waals surface area (Å²) in [4.78, 5) is 21.7. The maximum absolute atomic E-state index is 12.7. The first kappa shape index (κ1) is 14.4. The second-order valence-corrected chi connectivity index (χ2v) is 5.74. The van der Waals surface area contributed by atoms with E-state index < -0.39 is 0 Å². The summed E-state index contributed by atoms with van der Waals surface area (Å²) in [7, 11) is 1.57. The van der Waals surface area contributed by atoms with Gasteiger partial charge in [0.05, 0.1) is 31.1 Å². The molecule has 120 valence electrons. The van der Waals surface area contributed by atoms with Gasteiger partial charge in [0, 0.05) is 12.4 Å². The summed E-state index contributed by atoms with van der Waals surface area (Å²) in [6.07, 6.45) is 5.44. The van der Waals surface area contributed by atoms with Gasteiger partial charge in [-0.15, -0.1) is 0 Å². The van der Waals surface area contributed by atoms with Crippen molar-refractivity contribution in [3.05, 3.63) is 70.7 Å². The van der Waals surface area contributed by atoms with Crippen LogP contribution in [0.3, 0.4) is 0 Å². The molecule has 0 amide bonds. The van der Waals surface area contributed by atoms with Crippen LogP contribution in [0, 0.1) is 6.92 Å². The van der Waals surface area contributed by atoms with E-state index in [0.29, 0.717) is 23.2 Å². The Labute approximate surface area is 138 Å². The Morgan fingerprint density at radius 3 is 2.96 bits per heavy atom. The molecule has 0 bridgehead atoms. The normalized spacial score (nSPS) is 11.2. The molecule has 0 saturated carbocycles. The van der Waals surface area contributed by atoms with Crippen LogP contribution in [0.25, 0.3) is 16.6 Å². The summed E-state index contributed by atoms with van der Waals surface area (Å²) in [5.41, 5.74) is 3.30. The van der Waals surface area contributed by atoms with Crippen molar-refractivity contribution in [2.24, 2.45) is 0 Å². The van der Waals surface area contributed by atoms with Gasteiger partial charge < -0.3 is 9.14 Å². The number of hydrogen-bond acceptors (Lipinski definition) is 4. The molecule has 0 atom stereocenters. The van der Waals surface area contributed by atoms with Crippen molar-refractivity contribution < 1.29 is 4.74 Å². The van der Waals surface area contributed by atoms with E-state index in [1.54, 1.807) is 36.2 Å². The van der Waals surface area contributed by atoms with E-state index in [0.717, 1.165) is 16.9 Å². The van der Waals surface area contributed by atoms with Crippen LogP contribution in [-0.4, -0.2) is 26.0 Å². The van der Waals surface area contributed by atoms with Crippen molar-refractivity contribution in [3.63, 3.8) is 0 Å². The highest BCUT2D eigenvalue weighted by Gasteiger charge is 2.10. The van der Waals surface area contributed by atoms with Crippen LogP contribution in [0.2, 0.25) is 0 Å². The zero-order valence-electron chi connectivity index (χ0n) is 13.4. The number of rotatable bonds is 3. The maximum atomic E-state index is 12.7. The number of nitrogens with zero attached hydrogens (tertiary/aromatic N) is 4. The van der Waals surface area contributed by atoms with Crippen LogP contribution >= 0.6 is 0 Å². The zero-order valence-corrected chi connectivity index (χ0v) is 13.4. The number of ether oxygens (including phenoxy) is 1. The lowest BCUT2D eigenvalue weighted by Crippen LogP contribution is -2.21. The van der Waals surface area contributed by atoms with E-state index in [1.807, 2.05) is 35.9 Å². The number of imidazole rings is 1. The number of fused-ring (bicyclic) bond motifs is 2. The van der Waals surface area contributed by atoms with Crippen LogP contribution in [0.5, 0.6) is 5.75 Å². The number of aryl methyl sites for hydroxylation is 1. The van der Waals surface area contributed by atoms with E-state index in [1.165, 1.54) is 0 Å². The molecule has 0 saturated heterocycles. The topological polar surface area (TPSA) is 61.4 Å². The SMILES string of the molecule is COc1cccc2c(=O)n(Cc3cn4ccc(C)cc4n3)cnc12. The monoisotopic (exact) mass is 320 g/mol. The first-order chi connectivity index (χ1) is 11.7. The highest BCUT2D eigenvalue weighted by atomic mass is 16.5. The predicted molar refractivity (Wildman–Crippen MR) is 91.6 cm³/mol. The first-order valence-electron chi connectivity index (χ1n) is 7.62. The number of methoxy groups -OCH3 is 1. The molecule has 1 aromatic carbocycles. The molecule has 4 rings (SSSR count). The minimum absolute atomic E-state index is 0.105. The van der Waals surface area contributed by atoms with Crippen LogP contribution < -0.4 is 10.3 Å². The average Bonchev–Trinajstić information content (AvgIpc) is 2.98. The fraction of sp³-hybridized carbons (Fsp3) is 0.167. The standard InChI is InChI=1S/C18H16N4O2/c1-12-6-7-21-9-13(20-16(21)8-12)10-22-11-19-17-14(18(22)23)4-3-5-15(17)24-2/h3-9,11H,10H2,1-2H3. The molecule has 0 N–H and O–H groups in total. The Balaban J connectivity index is 1.78. The lowest BCUT2D eigenvalue weighted by Gasteiger charge is -2.07. The molecule has 0 spiro atoms. The largest absolute Gasteiger partial charge is 0.494 e. The van der Waals surface area contributed by atoms with E-state index >= 15 is 0 Å². The fourth-order valence-electron chi connectivity index (χ4n) is 2.83. The van der Waals surface area contributed by atoms with Crippen molar-refractivity contribution in [1.82, 2.24) is 18.9 Å². The van der Waals surface area contributed by atoms with Crippen molar-refractivity contribution in [2.45, 2.75) is 13.5 Å². The molecular formula is C18H16N4O2. The van der Waals surface area contributed by atoms with Gasteiger partial charge >= 0.3 is 0 Å². The van der Waals surface area contributed by atoms with Crippen LogP contribution in [0.15, 0.2) is 53.8 Å². The Morgan fingerprint density at radius 2 is 2.12 bits per heavy atom. The summed E-state index contributed by atoms with van der Waals surface area (Å²) in [5, 5.41) is 0.538. The van der Waals surface area contributed by atoms with Crippen LogP contribution in [0.1, 0.15) is 11.3 Å². The highest BCUT2D eigenvalue weighted by molar-refractivity contribution is 5.83. The lowest BCUT2D eigenvalue weighted by atomic mass is 10.2. The third kappa shape index (κ3) is 2.32. The maximum Gasteiger partial charge on any atom is 0.261 e. The number of aromatic nitrogens is 4.